The second-order valence-electron chi connectivity index (χ2n) is 7.17. The van der Waals surface area contributed by atoms with Crippen molar-refractivity contribution in [1.82, 2.24) is 0 Å². The molecule has 0 radical (unpaired) electrons. The third-order valence-electron chi connectivity index (χ3n) is 4.55. The van der Waals surface area contributed by atoms with Crippen LogP contribution < -0.4 is 11.1 Å². The lowest BCUT2D eigenvalue weighted by Crippen LogP contribution is -2.14. The van der Waals surface area contributed by atoms with E-state index in [1.807, 2.05) is 42.5 Å². The topological polar surface area (TPSA) is 67.5 Å². The summed E-state index contributed by atoms with van der Waals surface area (Å²) in [6.07, 6.45) is 3.12. The van der Waals surface area contributed by atoms with E-state index >= 15 is 0 Å². The van der Waals surface area contributed by atoms with Crippen LogP contribution in [0, 0.1) is 0 Å². The van der Waals surface area contributed by atoms with Crippen LogP contribution in [-0.4, -0.2) is 11.7 Å². The van der Waals surface area contributed by atoms with E-state index in [1.54, 1.807) is 24.3 Å². The SMILES string of the molecule is CC(C)c1ccc(N=C(N)c2cccc(NC(=O)/C=C/c3ccccc3Cl)c2)cc1. The number of anilines is 1. The summed E-state index contributed by atoms with van der Waals surface area (Å²) < 4.78 is 0. The van der Waals surface area contributed by atoms with Gasteiger partial charge in [0.2, 0.25) is 5.91 Å². The maximum Gasteiger partial charge on any atom is 0.248 e. The summed E-state index contributed by atoms with van der Waals surface area (Å²) in [4.78, 5) is 16.7. The van der Waals surface area contributed by atoms with E-state index in [2.05, 4.69) is 36.3 Å². The quantitative estimate of drug-likeness (QED) is 0.287. The van der Waals surface area contributed by atoms with Gasteiger partial charge in [0.05, 0.1) is 5.69 Å². The molecule has 3 N–H and O–H groups in total. The highest BCUT2D eigenvalue weighted by molar-refractivity contribution is 6.32. The lowest BCUT2D eigenvalue weighted by molar-refractivity contribution is -0.111. The molecule has 152 valence electrons. The summed E-state index contributed by atoms with van der Waals surface area (Å²) in [5.74, 6) is 0.592. The van der Waals surface area contributed by atoms with Gasteiger partial charge in [0.15, 0.2) is 0 Å². The lowest BCUT2D eigenvalue weighted by atomic mass is 10.0. The number of nitrogens with two attached hydrogens (primary N) is 1. The van der Waals surface area contributed by atoms with Crippen LogP contribution in [0.5, 0.6) is 0 Å². The number of carbonyl (C=O) groups excluding carboxylic acids is 1. The zero-order valence-corrected chi connectivity index (χ0v) is 17.7. The van der Waals surface area contributed by atoms with Crippen molar-refractivity contribution in [3.05, 3.63) is 101 Å². The van der Waals surface area contributed by atoms with Crippen molar-refractivity contribution >= 4 is 40.8 Å². The van der Waals surface area contributed by atoms with Gasteiger partial charge in [0, 0.05) is 22.3 Å². The number of nitrogens with one attached hydrogen (secondary N) is 1. The Labute approximate surface area is 182 Å². The highest BCUT2D eigenvalue weighted by Gasteiger charge is 2.04. The van der Waals surface area contributed by atoms with E-state index in [0.29, 0.717) is 22.5 Å². The molecule has 0 bridgehead atoms. The summed E-state index contributed by atoms with van der Waals surface area (Å²) >= 11 is 6.10. The Bertz CT molecular complexity index is 1090. The molecule has 0 aliphatic heterocycles. The molecule has 0 heterocycles. The van der Waals surface area contributed by atoms with Gasteiger partial charge in [0.25, 0.3) is 0 Å². The predicted molar refractivity (Wildman–Crippen MR) is 126 cm³/mol. The lowest BCUT2D eigenvalue weighted by Gasteiger charge is -2.07. The first-order valence-electron chi connectivity index (χ1n) is 9.70. The Morgan fingerprint density at radius 1 is 1.03 bits per heavy atom. The molecular formula is C25H24ClN3O. The minimum absolute atomic E-state index is 0.258. The summed E-state index contributed by atoms with van der Waals surface area (Å²) in [6.45, 7) is 4.30. The predicted octanol–water partition coefficient (Wildman–Crippen LogP) is 6.15. The number of amidine groups is 1. The Kier molecular flexibility index (Phi) is 7.04. The standard InChI is InChI=1S/C25H24ClN3O/c1-17(2)18-10-13-21(14-11-18)29-25(27)20-7-5-8-22(16-20)28-24(30)15-12-19-6-3-4-9-23(19)26/h3-17H,1-2H3,(H2,27,29)(H,28,30)/b15-12+. The molecule has 0 aromatic heterocycles. The number of halogens is 1. The van der Waals surface area contributed by atoms with Gasteiger partial charge in [-0.25, -0.2) is 4.99 Å². The van der Waals surface area contributed by atoms with Crippen LogP contribution in [0.2, 0.25) is 5.02 Å². The first-order chi connectivity index (χ1) is 14.4. The molecule has 0 spiro atoms. The maximum atomic E-state index is 12.3. The van der Waals surface area contributed by atoms with Crippen LogP contribution in [0.3, 0.4) is 0 Å². The van der Waals surface area contributed by atoms with Gasteiger partial charge in [-0.15, -0.1) is 0 Å². The maximum absolute atomic E-state index is 12.3. The number of benzene rings is 3. The zero-order chi connectivity index (χ0) is 21.5. The summed E-state index contributed by atoms with van der Waals surface area (Å²) in [5.41, 5.74) is 10.4. The fourth-order valence-electron chi connectivity index (χ4n) is 2.85. The van der Waals surface area contributed by atoms with Gasteiger partial charge in [-0.1, -0.05) is 67.9 Å². The molecule has 0 aliphatic carbocycles. The summed E-state index contributed by atoms with van der Waals surface area (Å²) in [6, 6.07) is 22.6. The number of carbonyl (C=O) groups is 1. The number of nitrogens with zero attached hydrogens (tertiary/aromatic N) is 1. The average Bonchev–Trinajstić information content (AvgIpc) is 2.74. The van der Waals surface area contributed by atoms with Crippen molar-refractivity contribution in [2.24, 2.45) is 10.7 Å². The van der Waals surface area contributed by atoms with Gasteiger partial charge < -0.3 is 11.1 Å². The molecule has 3 aromatic rings. The van der Waals surface area contributed by atoms with Crippen LogP contribution in [0.15, 0.2) is 83.9 Å². The van der Waals surface area contributed by atoms with Crippen LogP contribution in [0.25, 0.3) is 6.08 Å². The van der Waals surface area contributed by atoms with Crippen molar-refractivity contribution in [2.45, 2.75) is 19.8 Å². The van der Waals surface area contributed by atoms with Crippen LogP contribution in [0.4, 0.5) is 11.4 Å². The molecular weight excluding hydrogens is 394 g/mol. The average molecular weight is 418 g/mol. The molecule has 5 heteroatoms. The Balaban J connectivity index is 1.70. The number of hydrogen-bond acceptors (Lipinski definition) is 2. The summed E-state index contributed by atoms with van der Waals surface area (Å²) in [5, 5.41) is 3.42. The third kappa shape index (κ3) is 5.82. The molecule has 0 saturated carbocycles. The van der Waals surface area contributed by atoms with E-state index < -0.39 is 0 Å². The van der Waals surface area contributed by atoms with Gasteiger partial charge in [0.1, 0.15) is 5.84 Å². The van der Waals surface area contributed by atoms with Gasteiger partial charge in [-0.3, -0.25) is 4.79 Å². The first kappa shape index (κ1) is 21.3. The van der Waals surface area contributed by atoms with E-state index in [9.17, 15) is 4.79 Å². The van der Waals surface area contributed by atoms with Crippen LogP contribution in [-0.2, 0) is 4.79 Å². The Morgan fingerprint density at radius 2 is 1.77 bits per heavy atom. The molecule has 0 fully saturated rings. The number of amides is 1. The van der Waals surface area contributed by atoms with E-state index in [0.717, 1.165) is 16.8 Å². The highest BCUT2D eigenvalue weighted by Crippen LogP contribution is 2.20. The summed E-state index contributed by atoms with van der Waals surface area (Å²) in [7, 11) is 0. The smallest absolute Gasteiger partial charge is 0.248 e. The minimum Gasteiger partial charge on any atom is -0.383 e. The van der Waals surface area contributed by atoms with Crippen molar-refractivity contribution in [3.8, 4) is 0 Å². The largest absolute Gasteiger partial charge is 0.383 e. The van der Waals surface area contributed by atoms with Gasteiger partial charge in [-0.05, 0) is 53.5 Å². The number of aliphatic imine (C=N–C) groups is 1. The fourth-order valence-corrected chi connectivity index (χ4v) is 3.05. The molecule has 1 amide bonds. The van der Waals surface area contributed by atoms with Crippen LogP contribution in [0.1, 0.15) is 36.5 Å². The second-order valence-corrected chi connectivity index (χ2v) is 7.58. The molecule has 3 rings (SSSR count). The molecule has 30 heavy (non-hydrogen) atoms. The van der Waals surface area contributed by atoms with E-state index in [1.165, 1.54) is 11.6 Å². The number of hydrogen-bond donors (Lipinski definition) is 2. The van der Waals surface area contributed by atoms with E-state index in [-0.39, 0.29) is 5.91 Å². The van der Waals surface area contributed by atoms with Crippen molar-refractivity contribution in [3.63, 3.8) is 0 Å². The normalized spacial score (nSPS) is 11.8. The fraction of sp³-hybridized carbons (Fsp3) is 0.120. The minimum atomic E-state index is -0.258. The second kappa shape index (κ2) is 9.90. The van der Waals surface area contributed by atoms with Crippen molar-refractivity contribution < 1.29 is 4.79 Å². The van der Waals surface area contributed by atoms with E-state index in [4.69, 9.17) is 17.3 Å². The highest BCUT2D eigenvalue weighted by atomic mass is 35.5. The third-order valence-corrected chi connectivity index (χ3v) is 4.90. The van der Waals surface area contributed by atoms with Crippen molar-refractivity contribution in [2.75, 3.05) is 5.32 Å². The molecule has 0 atom stereocenters. The zero-order valence-electron chi connectivity index (χ0n) is 17.0. The monoisotopic (exact) mass is 417 g/mol. The molecule has 4 nitrogen and oxygen atoms in total. The van der Waals surface area contributed by atoms with Gasteiger partial charge >= 0.3 is 0 Å². The molecule has 3 aromatic carbocycles. The first-order valence-corrected chi connectivity index (χ1v) is 10.1. The molecule has 0 unspecified atom stereocenters. The number of rotatable bonds is 6. The van der Waals surface area contributed by atoms with Crippen LogP contribution >= 0.6 is 11.6 Å². The van der Waals surface area contributed by atoms with Gasteiger partial charge in [-0.2, -0.15) is 0 Å². The van der Waals surface area contributed by atoms with Crippen molar-refractivity contribution in [1.29, 1.82) is 0 Å². The molecule has 0 aliphatic rings. The molecule has 0 saturated heterocycles. The Hall–Kier alpha value is -3.37. The Morgan fingerprint density at radius 3 is 2.47 bits per heavy atom.